The third kappa shape index (κ3) is 3.68. The van der Waals surface area contributed by atoms with Crippen LogP contribution in [0.5, 0.6) is 0 Å². The number of rotatable bonds is 6. The highest BCUT2D eigenvalue weighted by Crippen LogP contribution is 2.30. The minimum absolute atomic E-state index is 0.562. The van der Waals surface area contributed by atoms with Gasteiger partial charge in [0.1, 0.15) is 0 Å². The first-order chi connectivity index (χ1) is 8.19. The third-order valence-corrected chi connectivity index (χ3v) is 3.27. The molecular formula is C13H22N4. The van der Waals surface area contributed by atoms with E-state index in [9.17, 15) is 0 Å². The maximum absolute atomic E-state index is 5.41. The van der Waals surface area contributed by atoms with Crippen LogP contribution in [0.4, 0.5) is 5.69 Å². The molecule has 4 nitrogen and oxygen atoms in total. The van der Waals surface area contributed by atoms with Gasteiger partial charge in [0.15, 0.2) is 0 Å². The summed E-state index contributed by atoms with van der Waals surface area (Å²) in [7, 11) is 0. The van der Waals surface area contributed by atoms with Crippen molar-refractivity contribution in [1.82, 2.24) is 9.88 Å². The Kier molecular flexibility index (Phi) is 3.97. The van der Waals surface area contributed by atoms with Gasteiger partial charge < -0.3 is 5.43 Å². The lowest BCUT2D eigenvalue weighted by Gasteiger charge is -2.26. The molecule has 0 aliphatic heterocycles. The topological polar surface area (TPSA) is 54.2 Å². The summed E-state index contributed by atoms with van der Waals surface area (Å²) in [5.41, 5.74) is 4.66. The van der Waals surface area contributed by atoms with Gasteiger partial charge in [-0.1, -0.05) is 0 Å². The number of aromatic nitrogens is 1. The van der Waals surface area contributed by atoms with Crippen LogP contribution in [-0.2, 0) is 6.54 Å². The van der Waals surface area contributed by atoms with Crippen LogP contribution in [0, 0.1) is 5.92 Å². The molecule has 0 unspecified atom stereocenters. The molecule has 1 fully saturated rings. The number of nitrogens with one attached hydrogen (secondary N) is 1. The Bertz CT molecular complexity index is 360. The number of hydrazine groups is 1. The third-order valence-electron chi connectivity index (χ3n) is 3.27. The normalized spacial score (nSPS) is 15.6. The lowest BCUT2D eigenvalue weighted by Crippen LogP contribution is -2.32. The highest BCUT2D eigenvalue weighted by molar-refractivity contribution is 5.41. The van der Waals surface area contributed by atoms with Crippen LogP contribution >= 0.6 is 0 Å². The zero-order valence-electron chi connectivity index (χ0n) is 10.7. The molecule has 0 aromatic carbocycles. The molecule has 4 heteroatoms. The van der Waals surface area contributed by atoms with Crippen LogP contribution in [0.2, 0.25) is 0 Å². The molecule has 1 heterocycles. The van der Waals surface area contributed by atoms with Crippen molar-refractivity contribution < 1.29 is 0 Å². The number of nitrogens with two attached hydrogens (primary N) is 1. The van der Waals surface area contributed by atoms with E-state index in [1.165, 1.54) is 19.4 Å². The first kappa shape index (κ1) is 12.3. The van der Waals surface area contributed by atoms with Crippen LogP contribution in [0.3, 0.4) is 0 Å². The van der Waals surface area contributed by atoms with E-state index in [2.05, 4.69) is 29.2 Å². The number of hydrogen-bond donors (Lipinski definition) is 2. The Morgan fingerprint density at radius 1 is 1.53 bits per heavy atom. The van der Waals surface area contributed by atoms with Crippen LogP contribution in [0.15, 0.2) is 18.3 Å². The number of anilines is 1. The fraction of sp³-hybridized carbons (Fsp3) is 0.615. The van der Waals surface area contributed by atoms with Gasteiger partial charge in [-0.15, -0.1) is 0 Å². The Morgan fingerprint density at radius 2 is 2.29 bits per heavy atom. The average Bonchev–Trinajstić information content (AvgIpc) is 3.12. The summed E-state index contributed by atoms with van der Waals surface area (Å²) in [6, 6.07) is 4.46. The van der Waals surface area contributed by atoms with E-state index >= 15 is 0 Å². The molecule has 0 radical (unpaired) electrons. The molecular weight excluding hydrogens is 212 g/mol. The van der Waals surface area contributed by atoms with Gasteiger partial charge in [-0.05, 0) is 44.7 Å². The molecule has 0 atom stereocenters. The van der Waals surface area contributed by atoms with Gasteiger partial charge in [-0.25, -0.2) is 0 Å². The van der Waals surface area contributed by atoms with Crippen LogP contribution in [-0.4, -0.2) is 22.5 Å². The maximum atomic E-state index is 5.41. The second-order valence-corrected chi connectivity index (χ2v) is 5.15. The average molecular weight is 234 g/mol. The Hall–Kier alpha value is -1.13. The van der Waals surface area contributed by atoms with E-state index in [4.69, 9.17) is 5.84 Å². The minimum atomic E-state index is 0.562. The summed E-state index contributed by atoms with van der Waals surface area (Å²) >= 11 is 0. The largest absolute Gasteiger partial charge is 0.324 e. The molecule has 94 valence electrons. The maximum Gasteiger partial charge on any atom is 0.0565 e. The molecule has 1 aromatic heterocycles. The Morgan fingerprint density at radius 3 is 2.88 bits per heavy atom. The summed E-state index contributed by atoms with van der Waals surface area (Å²) in [5, 5.41) is 0. The van der Waals surface area contributed by atoms with Crippen LogP contribution in [0.25, 0.3) is 0 Å². The second-order valence-electron chi connectivity index (χ2n) is 5.15. The van der Waals surface area contributed by atoms with E-state index in [0.717, 1.165) is 23.8 Å². The lowest BCUT2D eigenvalue weighted by atomic mass is 10.2. The van der Waals surface area contributed by atoms with Crippen LogP contribution < -0.4 is 11.3 Å². The van der Waals surface area contributed by atoms with Crippen molar-refractivity contribution in [3.63, 3.8) is 0 Å². The molecule has 0 saturated heterocycles. The molecule has 17 heavy (non-hydrogen) atoms. The SMILES string of the molecule is CC(C)N(Cc1cc(NN)ccn1)CC1CC1. The molecule has 1 saturated carbocycles. The van der Waals surface area contributed by atoms with E-state index < -0.39 is 0 Å². The van der Waals surface area contributed by atoms with Gasteiger partial charge in [0, 0.05) is 25.3 Å². The first-order valence-corrected chi connectivity index (χ1v) is 6.34. The predicted octanol–water partition coefficient (Wildman–Crippen LogP) is 1.99. The summed E-state index contributed by atoms with van der Waals surface area (Å²) in [4.78, 5) is 6.89. The molecule has 1 aromatic rings. The first-order valence-electron chi connectivity index (χ1n) is 6.34. The van der Waals surface area contributed by atoms with Crippen molar-refractivity contribution in [2.75, 3.05) is 12.0 Å². The van der Waals surface area contributed by atoms with E-state index in [1.54, 1.807) is 6.20 Å². The second kappa shape index (κ2) is 5.47. The van der Waals surface area contributed by atoms with E-state index in [0.29, 0.717) is 6.04 Å². The van der Waals surface area contributed by atoms with Crippen molar-refractivity contribution in [3.8, 4) is 0 Å². The molecule has 1 aliphatic rings. The standard InChI is InChI=1S/C13H22N4/c1-10(2)17(8-11-3-4-11)9-13-7-12(16-14)5-6-15-13/h5-7,10-11H,3-4,8-9,14H2,1-2H3,(H,15,16). The van der Waals surface area contributed by atoms with Crippen LogP contribution in [0.1, 0.15) is 32.4 Å². The number of pyridine rings is 1. The van der Waals surface area contributed by atoms with Gasteiger partial charge in [0.2, 0.25) is 0 Å². The molecule has 3 N–H and O–H groups in total. The highest BCUT2D eigenvalue weighted by atomic mass is 15.2. The van der Waals surface area contributed by atoms with Gasteiger partial charge in [-0.3, -0.25) is 15.7 Å². The van der Waals surface area contributed by atoms with E-state index in [1.807, 2.05) is 12.1 Å². The summed E-state index contributed by atoms with van der Waals surface area (Å²) in [6.07, 6.45) is 4.59. The molecule has 0 amide bonds. The van der Waals surface area contributed by atoms with Crippen molar-refractivity contribution in [2.45, 2.75) is 39.3 Å². The van der Waals surface area contributed by atoms with Gasteiger partial charge >= 0.3 is 0 Å². The monoisotopic (exact) mass is 234 g/mol. The van der Waals surface area contributed by atoms with Crippen molar-refractivity contribution >= 4 is 5.69 Å². The summed E-state index contributed by atoms with van der Waals surface area (Å²) < 4.78 is 0. The zero-order valence-corrected chi connectivity index (χ0v) is 10.7. The zero-order chi connectivity index (χ0) is 12.3. The molecule has 1 aliphatic carbocycles. The molecule has 2 rings (SSSR count). The Labute approximate surface area is 103 Å². The lowest BCUT2D eigenvalue weighted by molar-refractivity contribution is 0.201. The smallest absolute Gasteiger partial charge is 0.0565 e. The van der Waals surface area contributed by atoms with Gasteiger partial charge in [-0.2, -0.15) is 0 Å². The van der Waals surface area contributed by atoms with Gasteiger partial charge in [0.25, 0.3) is 0 Å². The number of nitrogen functional groups attached to an aromatic ring is 1. The predicted molar refractivity (Wildman–Crippen MR) is 70.3 cm³/mol. The van der Waals surface area contributed by atoms with Crippen molar-refractivity contribution in [1.29, 1.82) is 0 Å². The number of hydrogen-bond acceptors (Lipinski definition) is 4. The van der Waals surface area contributed by atoms with Crippen molar-refractivity contribution in [3.05, 3.63) is 24.0 Å². The molecule has 0 spiro atoms. The summed E-state index contributed by atoms with van der Waals surface area (Å²) in [6.45, 7) is 6.59. The molecule has 0 bridgehead atoms. The van der Waals surface area contributed by atoms with Crippen molar-refractivity contribution in [2.24, 2.45) is 11.8 Å². The quantitative estimate of drug-likeness (QED) is 0.584. The summed E-state index contributed by atoms with van der Waals surface area (Å²) in [5.74, 6) is 6.32. The van der Waals surface area contributed by atoms with E-state index in [-0.39, 0.29) is 0 Å². The minimum Gasteiger partial charge on any atom is -0.324 e. The van der Waals surface area contributed by atoms with Gasteiger partial charge in [0.05, 0.1) is 11.4 Å². The highest BCUT2D eigenvalue weighted by Gasteiger charge is 2.25. The Balaban J connectivity index is 1.99. The fourth-order valence-electron chi connectivity index (χ4n) is 1.95. The fourth-order valence-corrected chi connectivity index (χ4v) is 1.95. The number of nitrogens with zero attached hydrogens (tertiary/aromatic N) is 2.